The van der Waals surface area contributed by atoms with E-state index in [1.54, 1.807) is 0 Å². The lowest BCUT2D eigenvalue weighted by atomic mass is 9.67. The molecule has 12 nitrogen and oxygen atoms in total. The summed E-state index contributed by atoms with van der Waals surface area (Å²) in [6.45, 7) is -0.675. The monoisotopic (exact) mass is 833 g/mol. The number of hydrogen-bond donors (Lipinski definition) is 7. The maximum absolute atomic E-state index is 12.0. The number of hydrogen-bond acceptors (Lipinski definition) is 11. The quantitative estimate of drug-likeness (QED) is 0.0866. The highest BCUT2D eigenvalue weighted by molar-refractivity contribution is 6.55. The molecule has 9 aromatic rings. The van der Waals surface area contributed by atoms with Gasteiger partial charge in [0.15, 0.2) is 11.6 Å². The number of ether oxygens (including phenoxy) is 4. The standard InChI is InChI=1S/C50H43NO11/c52-17-27-47(58)5-7-50(60-27,45(56)43(47)54)62-48-6-8-49(46(57)44(48)55,61-28(48)18-53)59-10-9-51-41-21-3-4-22-14-26-16-24-12-20-2-1-19-11-23-15-25(13-21)33-31(23)35-29(19)30(20)36-32(24)34(26)40(42(22)51)38(37(35)36)39(33)41/h1-2,11-14,27-28,43-46,52-58H,3-10,15-18H2. The fourth-order valence-corrected chi connectivity index (χ4v) is 15.1. The van der Waals surface area contributed by atoms with Crippen molar-refractivity contribution in [3.63, 3.8) is 0 Å². The lowest BCUT2D eigenvalue weighted by molar-refractivity contribution is -0.486. The van der Waals surface area contributed by atoms with Gasteiger partial charge in [0.25, 0.3) is 0 Å². The fraction of sp³-hybridized carbons (Fsp3) is 0.440. The second-order valence-corrected chi connectivity index (χ2v) is 20.1. The number of pyridine rings is 1. The van der Waals surface area contributed by atoms with Crippen molar-refractivity contribution in [1.82, 2.24) is 4.57 Å². The smallest absolute Gasteiger partial charge is 0.198 e. The molecule has 314 valence electrons. The molecule has 6 fully saturated rings. The third kappa shape index (κ3) is 3.49. The van der Waals surface area contributed by atoms with Gasteiger partial charge in [-0.3, -0.25) is 0 Å². The SMILES string of the molecule is OCC1OC2(OC34CCC(OCCn5c6c7cc8c9c%10c(cc%11ccc%12cc%13c%14c%15c(cc(c5c%15c(c5c%10c%11c%12c%145)c96)CC7)C%13)C8)(OC3CO)C(O)C4O)CCC1(O)C(O)C2O. The van der Waals surface area contributed by atoms with E-state index in [1.165, 1.54) is 120 Å². The molecule has 10 atom stereocenters. The first-order chi connectivity index (χ1) is 30.0. The van der Waals surface area contributed by atoms with Gasteiger partial charge in [0.2, 0.25) is 0 Å². The summed E-state index contributed by atoms with van der Waals surface area (Å²) in [5.41, 5.74) is 7.11. The van der Waals surface area contributed by atoms with Crippen LogP contribution < -0.4 is 0 Å². The van der Waals surface area contributed by atoms with Gasteiger partial charge in [-0.1, -0.05) is 36.4 Å². The average Bonchev–Trinajstić information content (AvgIpc) is 3.93. The van der Waals surface area contributed by atoms with Crippen LogP contribution in [0, 0.1) is 0 Å². The van der Waals surface area contributed by atoms with Crippen LogP contribution in [0.5, 0.6) is 0 Å². The van der Waals surface area contributed by atoms with Crippen molar-refractivity contribution >= 4 is 86.4 Å². The molecule has 1 aromatic heterocycles. The lowest BCUT2D eigenvalue weighted by Gasteiger charge is -2.65. The summed E-state index contributed by atoms with van der Waals surface area (Å²) in [6, 6.07) is 14.5. The van der Waals surface area contributed by atoms with E-state index in [-0.39, 0.29) is 32.3 Å². The topological polar surface area (TPSA) is 183 Å². The van der Waals surface area contributed by atoms with E-state index in [0.29, 0.717) is 6.54 Å². The second kappa shape index (κ2) is 10.6. The van der Waals surface area contributed by atoms with E-state index < -0.39 is 72.6 Å². The van der Waals surface area contributed by atoms with Crippen molar-refractivity contribution in [3.8, 4) is 0 Å². The van der Waals surface area contributed by atoms with Crippen molar-refractivity contribution in [3.05, 3.63) is 69.8 Å². The van der Waals surface area contributed by atoms with Crippen molar-refractivity contribution in [2.75, 3.05) is 19.8 Å². The van der Waals surface area contributed by atoms with Crippen LogP contribution in [0.25, 0.3) is 86.4 Å². The summed E-state index contributed by atoms with van der Waals surface area (Å²) >= 11 is 0. The molecule has 4 aliphatic carbocycles. The number of aliphatic hydroxyl groups is 7. The largest absolute Gasteiger partial charge is 0.394 e. The molecule has 5 aliphatic heterocycles. The van der Waals surface area contributed by atoms with Gasteiger partial charge in [0.1, 0.15) is 47.8 Å². The van der Waals surface area contributed by atoms with E-state index in [2.05, 4.69) is 41.0 Å². The molecule has 12 heteroatoms. The van der Waals surface area contributed by atoms with Crippen molar-refractivity contribution in [1.29, 1.82) is 0 Å². The van der Waals surface area contributed by atoms with Crippen LogP contribution in [-0.4, -0.2) is 120 Å². The molecule has 6 bridgehead atoms. The summed E-state index contributed by atoms with van der Waals surface area (Å²) in [7, 11) is 0. The molecule has 0 amide bonds. The number of aryl methyl sites for hydroxylation is 2. The highest BCUT2D eigenvalue weighted by Crippen LogP contribution is 2.62. The predicted octanol–water partition coefficient (Wildman–Crippen LogP) is 4.08. The van der Waals surface area contributed by atoms with Gasteiger partial charge < -0.3 is 59.3 Å². The minimum absolute atomic E-state index is 0.0535. The van der Waals surface area contributed by atoms with E-state index >= 15 is 0 Å². The Kier molecular flexibility index (Phi) is 6.02. The maximum atomic E-state index is 12.0. The Morgan fingerprint density at radius 2 is 1.06 bits per heavy atom. The molecular formula is C50H43NO11. The van der Waals surface area contributed by atoms with Gasteiger partial charge in [-0.05, 0) is 126 Å². The number of nitrogens with zero attached hydrogens (tertiary/aromatic N) is 1. The van der Waals surface area contributed by atoms with Crippen molar-refractivity contribution in [2.24, 2.45) is 0 Å². The Morgan fingerprint density at radius 3 is 1.68 bits per heavy atom. The van der Waals surface area contributed by atoms with Crippen LogP contribution in [0.1, 0.15) is 59.1 Å². The van der Waals surface area contributed by atoms with Crippen LogP contribution in [0.15, 0.2) is 36.4 Å². The first kappa shape index (κ1) is 35.1. The van der Waals surface area contributed by atoms with Gasteiger partial charge in [-0.15, -0.1) is 0 Å². The zero-order valence-electron chi connectivity index (χ0n) is 33.6. The first-order valence-electron chi connectivity index (χ1n) is 22.4. The Labute approximate surface area is 351 Å². The Hall–Kier alpha value is -4.28. The summed E-state index contributed by atoms with van der Waals surface area (Å²) in [5.74, 6) is -3.63. The second-order valence-electron chi connectivity index (χ2n) is 20.1. The number of aromatic nitrogens is 1. The molecule has 9 aliphatic rings. The Morgan fingerprint density at radius 1 is 0.548 bits per heavy atom. The molecule has 6 heterocycles. The number of rotatable bonds is 8. The minimum Gasteiger partial charge on any atom is -0.394 e. The minimum atomic E-state index is -1.95. The van der Waals surface area contributed by atoms with Gasteiger partial charge in [0, 0.05) is 40.9 Å². The van der Waals surface area contributed by atoms with Crippen LogP contribution in [-0.2, 0) is 51.2 Å². The van der Waals surface area contributed by atoms with Crippen molar-refractivity contribution in [2.45, 2.75) is 117 Å². The average molecular weight is 834 g/mol. The molecule has 18 rings (SSSR count). The molecule has 10 unspecified atom stereocenters. The zero-order valence-corrected chi connectivity index (χ0v) is 33.6. The zero-order chi connectivity index (χ0) is 41.3. The van der Waals surface area contributed by atoms with Crippen LogP contribution >= 0.6 is 0 Å². The summed E-state index contributed by atoms with van der Waals surface area (Å²) in [5, 5.41) is 97.6. The van der Waals surface area contributed by atoms with Crippen LogP contribution in [0.2, 0.25) is 0 Å². The first-order valence-corrected chi connectivity index (χ1v) is 22.4. The number of aliphatic hydroxyl groups excluding tert-OH is 6. The van der Waals surface area contributed by atoms with Gasteiger partial charge in [0.05, 0.1) is 30.9 Å². The molecule has 2 saturated carbocycles. The third-order valence-electron chi connectivity index (χ3n) is 17.6. The van der Waals surface area contributed by atoms with E-state index in [1.807, 2.05) is 0 Å². The van der Waals surface area contributed by atoms with E-state index in [4.69, 9.17) is 18.9 Å². The van der Waals surface area contributed by atoms with Crippen molar-refractivity contribution < 1.29 is 54.7 Å². The fourth-order valence-electron chi connectivity index (χ4n) is 15.1. The van der Waals surface area contributed by atoms with Crippen LogP contribution in [0.3, 0.4) is 0 Å². The number of benzene rings is 7. The van der Waals surface area contributed by atoms with Crippen LogP contribution in [0.4, 0.5) is 0 Å². The molecule has 7 N–H and O–H groups in total. The van der Waals surface area contributed by atoms with E-state index in [0.717, 1.165) is 25.7 Å². The molecule has 0 spiro atoms. The molecule has 62 heavy (non-hydrogen) atoms. The predicted molar refractivity (Wildman–Crippen MR) is 229 cm³/mol. The summed E-state index contributed by atoms with van der Waals surface area (Å²) in [4.78, 5) is 0. The lowest BCUT2D eigenvalue weighted by Crippen LogP contribution is -2.82. The van der Waals surface area contributed by atoms with Gasteiger partial charge in [-0.2, -0.15) is 0 Å². The molecular weight excluding hydrogens is 791 g/mol. The molecule has 8 aromatic carbocycles. The number of fused-ring (bicyclic) bond motifs is 6. The molecule has 4 saturated heterocycles. The highest BCUT2D eigenvalue weighted by atomic mass is 16.8. The van der Waals surface area contributed by atoms with Gasteiger partial charge in [-0.25, -0.2) is 0 Å². The van der Waals surface area contributed by atoms with Gasteiger partial charge >= 0.3 is 0 Å². The Bertz CT molecular complexity index is 3330. The summed E-state index contributed by atoms with van der Waals surface area (Å²) in [6.07, 6.45) is -5.50. The Balaban J connectivity index is 0.837. The highest BCUT2D eigenvalue weighted by Gasteiger charge is 2.73. The molecule has 0 radical (unpaired) electrons. The third-order valence-corrected chi connectivity index (χ3v) is 17.6. The van der Waals surface area contributed by atoms with E-state index in [9.17, 15) is 35.7 Å². The normalized spacial score (nSPS) is 35.7. The maximum Gasteiger partial charge on any atom is 0.198 e. The summed E-state index contributed by atoms with van der Waals surface area (Å²) < 4.78 is 28.2.